The number of ether oxygens (including phenoxy) is 1. The van der Waals surface area contributed by atoms with Crippen LogP contribution in [0.5, 0.6) is 11.5 Å². The lowest BCUT2D eigenvalue weighted by Crippen LogP contribution is -2.27. The first-order valence-electron chi connectivity index (χ1n) is 5.53. The largest absolute Gasteiger partial charge is 0.508 e. The van der Waals surface area contributed by atoms with Crippen LogP contribution in [-0.4, -0.2) is 23.4 Å². The third-order valence-electron chi connectivity index (χ3n) is 3.15. The maximum absolute atomic E-state index is 9.72. The smallest absolute Gasteiger partial charge is 0.124 e. The van der Waals surface area contributed by atoms with Crippen LogP contribution < -0.4 is 5.73 Å². The second-order valence-electron chi connectivity index (χ2n) is 4.22. The van der Waals surface area contributed by atoms with Crippen molar-refractivity contribution >= 4 is 12.4 Å². The molecule has 1 aromatic carbocycles. The highest BCUT2D eigenvalue weighted by atomic mass is 35.5. The van der Waals surface area contributed by atoms with Crippen LogP contribution in [0.15, 0.2) is 18.2 Å². The van der Waals surface area contributed by atoms with Gasteiger partial charge in [-0.3, -0.25) is 0 Å². The molecular weight excluding hydrogens is 242 g/mol. The van der Waals surface area contributed by atoms with Gasteiger partial charge in [0.25, 0.3) is 0 Å². The lowest BCUT2D eigenvalue weighted by molar-refractivity contribution is 0.0581. The average molecular weight is 260 g/mol. The van der Waals surface area contributed by atoms with E-state index in [-0.39, 0.29) is 29.9 Å². The number of nitrogens with two attached hydrogens (primary N) is 1. The Bertz CT molecular complexity index is 367. The zero-order chi connectivity index (χ0) is 11.5. The van der Waals surface area contributed by atoms with Crippen molar-refractivity contribution in [1.82, 2.24) is 0 Å². The van der Waals surface area contributed by atoms with E-state index in [1.807, 2.05) is 0 Å². The van der Waals surface area contributed by atoms with Gasteiger partial charge in [0, 0.05) is 30.9 Å². The molecule has 5 heteroatoms. The fraction of sp³-hybridized carbons (Fsp3) is 0.500. The zero-order valence-electron chi connectivity index (χ0n) is 9.50. The van der Waals surface area contributed by atoms with Crippen molar-refractivity contribution in [3.05, 3.63) is 23.8 Å². The van der Waals surface area contributed by atoms with Gasteiger partial charge in [-0.05, 0) is 24.8 Å². The van der Waals surface area contributed by atoms with Gasteiger partial charge >= 0.3 is 0 Å². The predicted molar refractivity (Wildman–Crippen MR) is 67.5 cm³/mol. The van der Waals surface area contributed by atoms with E-state index in [9.17, 15) is 10.2 Å². The van der Waals surface area contributed by atoms with Crippen molar-refractivity contribution in [2.24, 2.45) is 11.7 Å². The number of phenols is 2. The van der Waals surface area contributed by atoms with Crippen LogP contribution >= 0.6 is 12.4 Å². The highest BCUT2D eigenvalue weighted by Crippen LogP contribution is 2.34. The number of halogens is 1. The van der Waals surface area contributed by atoms with E-state index < -0.39 is 0 Å². The van der Waals surface area contributed by atoms with Crippen LogP contribution in [0.2, 0.25) is 0 Å². The molecule has 1 heterocycles. The van der Waals surface area contributed by atoms with Crippen LogP contribution in [0.4, 0.5) is 0 Å². The van der Waals surface area contributed by atoms with Crippen molar-refractivity contribution in [3.8, 4) is 11.5 Å². The lowest BCUT2D eigenvalue weighted by Gasteiger charge is -2.28. The third kappa shape index (κ3) is 3.25. The fourth-order valence-electron chi connectivity index (χ4n) is 2.14. The molecule has 0 saturated carbocycles. The molecule has 0 bridgehead atoms. The van der Waals surface area contributed by atoms with Gasteiger partial charge in [-0.15, -0.1) is 12.4 Å². The highest BCUT2D eigenvalue weighted by molar-refractivity contribution is 5.85. The number of aromatic hydroxyl groups is 2. The fourth-order valence-corrected chi connectivity index (χ4v) is 2.14. The molecule has 0 amide bonds. The molecule has 0 radical (unpaired) electrons. The summed E-state index contributed by atoms with van der Waals surface area (Å²) in [5.41, 5.74) is 6.82. The Morgan fingerprint density at radius 3 is 2.47 bits per heavy atom. The van der Waals surface area contributed by atoms with Crippen LogP contribution in [0, 0.1) is 5.92 Å². The van der Waals surface area contributed by atoms with Gasteiger partial charge in [-0.2, -0.15) is 0 Å². The molecule has 1 aliphatic rings. The van der Waals surface area contributed by atoms with Crippen molar-refractivity contribution in [1.29, 1.82) is 0 Å². The molecule has 1 aromatic rings. The highest BCUT2D eigenvalue weighted by Gasteiger charge is 2.24. The molecule has 1 saturated heterocycles. The molecule has 1 atom stereocenters. The first-order valence-corrected chi connectivity index (χ1v) is 5.53. The second kappa shape index (κ2) is 6.10. The first-order chi connectivity index (χ1) is 7.68. The van der Waals surface area contributed by atoms with Crippen LogP contribution in [-0.2, 0) is 4.74 Å². The standard InChI is InChI=1S/C12H17NO3.ClH/c13-12(8-3-5-16-6-4-8)10-2-1-9(14)7-11(10)15;/h1-2,7-8,12,14-15H,3-6,13H2;1H/t12-;/m0./s1. The summed E-state index contributed by atoms with van der Waals surface area (Å²) in [6, 6.07) is 4.37. The number of phenolic OH excluding ortho intramolecular Hbond substituents is 2. The molecule has 96 valence electrons. The number of rotatable bonds is 2. The Hall–Kier alpha value is -0.970. The minimum absolute atomic E-state index is 0. The Morgan fingerprint density at radius 2 is 1.88 bits per heavy atom. The maximum Gasteiger partial charge on any atom is 0.124 e. The van der Waals surface area contributed by atoms with E-state index in [4.69, 9.17) is 10.5 Å². The Labute approximate surface area is 107 Å². The summed E-state index contributed by atoms with van der Waals surface area (Å²) in [5.74, 6) is 0.462. The van der Waals surface area contributed by atoms with Gasteiger partial charge in [-0.25, -0.2) is 0 Å². The molecule has 0 aliphatic carbocycles. The minimum atomic E-state index is -0.190. The Balaban J connectivity index is 0.00000144. The summed E-state index contributed by atoms with van der Waals surface area (Å²) < 4.78 is 5.28. The van der Waals surface area contributed by atoms with Crippen molar-refractivity contribution in [3.63, 3.8) is 0 Å². The minimum Gasteiger partial charge on any atom is -0.508 e. The van der Waals surface area contributed by atoms with E-state index >= 15 is 0 Å². The van der Waals surface area contributed by atoms with Gasteiger partial charge < -0.3 is 20.7 Å². The van der Waals surface area contributed by atoms with E-state index in [1.165, 1.54) is 6.07 Å². The summed E-state index contributed by atoms with van der Waals surface area (Å²) >= 11 is 0. The van der Waals surface area contributed by atoms with Gasteiger partial charge in [-0.1, -0.05) is 6.07 Å². The lowest BCUT2D eigenvalue weighted by atomic mass is 9.87. The van der Waals surface area contributed by atoms with E-state index in [0.29, 0.717) is 11.5 Å². The monoisotopic (exact) mass is 259 g/mol. The average Bonchev–Trinajstić information content (AvgIpc) is 2.29. The Morgan fingerprint density at radius 1 is 1.24 bits per heavy atom. The summed E-state index contributed by atoms with van der Waals surface area (Å²) in [6.45, 7) is 1.47. The van der Waals surface area contributed by atoms with Gasteiger partial charge in [0.1, 0.15) is 11.5 Å². The van der Waals surface area contributed by atoms with Crippen molar-refractivity contribution in [2.75, 3.05) is 13.2 Å². The summed E-state index contributed by atoms with van der Waals surface area (Å²) in [5, 5.41) is 18.9. The van der Waals surface area contributed by atoms with Gasteiger partial charge in [0.15, 0.2) is 0 Å². The second-order valence-corrected chi connectivity index (χ2v) is 4.22. The molecule has 4 N–H and O–H groups in total. The number of hydrogen-bond donors (Lipinski definition) is 3. The number of hydrogen-bond acceptors (Lipinski definition) is 4. The maximum atomic E-state index is 9.72. The van der Waals surface area contributed by atoms with Crippen molar-refractivity contribution in [2.45, 2.75) is 18.9 Å². The number of benzene rings is 1. The van der Waals surface area contributed by atoms with Crippen LogP contribution in [0.1, 0.15) is 24.4 Å². The van der Waals surface area contributed by atoms with Crippen LogP contribution in [0.25, 0.3) is 0 Å². The molecule has 1 aliphatic heterocycles. The first kappa shape index (κ1) is 14.1. The molecule has 17 heavy (non-hydrogen) atoms. The molecule has 0 spiro atoms. The molecule has 1 fully saturated rings. The van der Waals surface area contributed by atoms with Gasteiger partial charge in [0.05, 0.1) is 0 Å². The molecule has 2 rings (SSSR count). The molecule has 0 unspecified atom stereocenters. The topological polar surface area (TPSA) is 75.7 Å². The Kier molecular flexibility index (Phi) is 5.05. The van der Waals surface area contributed by atoms with E-state index in [0.717, 1.165) is 26.1 Å². The zero-order valence-corrected chi connectivity index (χ0v) is 10.3. The van der Waals surface area contributed by atoms with Crippen molar-refractivity contribution < 1.29 is 14.9 Å². The summed E-state index contributed by atoms with van der Waals surface area (Å²) in [6.07, 6.45) is 1.84. The SMILES string of the molecule is Cl.N[C@H](c1ccc(O)cc1O)C1CCOCC1. The molecule has 0 aromatic heterocycles. The van der Waals surface area contributed by atoms with Gasteiger partial charge in [0.2, 0.25) is 0 Å². The predicted octanol–water partition coefficient (Wildman–Crippen LogP) is 1.95. The normalized spacial score (nSPS) is 18.4. The van der Waals surface area contributed by atoms with Crippen LogP contribution in [0.3, 0.4) is 0 Å². The van der Waals surface area contributed by atoms with E-state index in [1.54, 1.807) is 12.1 Å². The molecular formula is C12H18ClNO3. The van der Waals surface area contributed by atoms with E-state index in [2.05, 4.69) is 0 Å². The third-order valence-corrected chi connectivity index (χ3v) is 3.15. The quantitative estimate of drug-likeness (QED) is 0.759. The summed E-state index contributed by atoms with van der Waals surface area (Å²) in [7, 11) is 0. The molecule has 4 nitrogen and oxygen atoms in total. The summed E-state index contributed by atoms with van der Waals surface area (Å²) in [4.78, 5) is 0.